The molecule has 1 aromatic heterocycles. The van der Waals surface area contributed by atoms with Crippen LogP contribution in [0.1, 0.15) is 19.9 Å². The van der Waals surface area contributed by atoms with E-state index in [0.29, 0.717) is 6.54 Å². The highest BCUT2D eigenvalue weighted by Gasteiger charge is 2.11. The van der Waals surface area contributed by atoms with Gasteiger partial charge in [-0.3, -0.25) is 4.79 Å². The van der Waals surface area contributed by atoms with Gasteiger partial charge in [-0.25, -0.2) is 0 Å². The van der Waals surface area contributed by atoms with Crippen LogP contribution in [-0.2, 0) is 4.79 Å². The first-order chi connectivity index (χ1) is 5.75. The minimum absolute atomic E-state index is 0.0636. The van der Waals surface area contributed by atoms with E-state index < -0.39 is 0 Å². The molecule has 1 N–H and O–H groups in total. The second-order valence-corrected chi connectivity index (χ2v) is 2.70. The lowest BCUT2D eigenvalue weighted by molar-refractivity contribution is -0.123. The quantitative estimate of drug-likeness (QED) is 0.719. The number of likely N-dealkylation sites (N-methyl/N-ethyl adjacent to an activating group) is 1. The predicted octanol–water partition coefficient (Wildman–Crippen LogP) is 1.19. The Balaban J connectivity index is 2.59. The standard InChI is InChI=1S/C9H14N2O/c1-3-10-9(12)8(2)11-6-4-5-7-11/h4-8H,3H2,1-2H3,(H,10,12). The summed E-state index contributed by atoms with van der Waals surface area (Å²) < 4.78 is 1.88. The first-order valence-corrected chi connectivity index (χ1v) is 4.16. The first-order valence-electron chi connectivity index (χ1n) is 4.16. The third-order valence-corrected chi connectivity index (χ3v) is 1.81. The van der Waals surface area contributed by atoms with Crippen molar-refractivity contribution in [2.75, 3.05) is 6.54 Å². The Morgan fingerprint density at radius 2 is 2.08 bits per heavy atom. The molecule has 0 saturated carbocycles. The van der Waals surface area contributed by atoms with E-state index in [1.807, 2.05) is 42.9 Å². The van der Waals surface area contributed by atoms with Crippen molar-refractivity contribution in [3.63, 3.8) is 0 Å². The van der Waals surface area contributed by atoms with Crippen molar-refractivity contribution in [3.8, 4) is 0 Å². The van der Waals surface area contributed by atoms with Gasteiger partial charge in [-0.2, -0.15) is 0 Å². The summed E-state index contributed by atoms with van der Waals surface area (Å²) in [5, 5.41) is 2.77. The van der Waals surface area contributed by atoms with Crippen LogP contribution in [0.2, 0.25) is 0 Å². The molecule has 0 radical (unpaired) electrons. The van der Waals surface area contributed by atoms with Gasteiger partial charge in [-0.15, -0.1) is 0 Å². The van der Waals surface area contributed by atoms with E-state index in [2.05, 4.69) is 5.32 Å². The second kappa shape index (κ2) is 3.95. The molecule has 0 aliphatic rings. The van der Waals surface area contributed by atoms with Crippen LogP contribution in [0.15, 0.2) is 24.5 Å². The fourth-order valence-corrected chi connectivity index (χ4v) is 1.06. The zero-order valence-corrected chi connectivity index (χ0v) is 7.45. The normalized spacial score (nSPS) is 12.5. The Bertz CT molecular complexity index is 241. The van der Waals surface area contributed by atoms with Gasteiger partial charge in [0.15, 0.2) is 0 Å². The average molecular weight is 166 g/mol. The van der Waals surface area contributed by atoms with Gasteiger partial charge in [0.1, 0.15) is 6.04 Å². The smallest absolute Gasteiger partial charge is 0.242 e. The number of aromatic nitrogens is 1. The number of nitrogens with zero attached hydrogens (tertiary/aromatic N) is 1. The number of hydrogen-bond donors (Lipinski definition) is 1. The van der Waals surface area contributed by atoms with E-state index in [9.17, 15) is 4.79 Å². The summed E-state index contributed by atoms with van der Waals surface area (Å²) in [6, 6.07) is 3.71. The lowest BCUT2D eigenvalue weighted by Gasteiger charge is -2.12. The molecule has 0 aliphatic carbocycles. The molecule has 12 heavy (non-hydrogen) atoms. The van der Waals surface area contributed by atoms with Gasteiger partial charge in [0.25, 0.3) is 0 Å². The molecule has 1 unspecified atom stereocenters. The van der Waals surface area contributed by atoms with E-state index in [4.69, 9.17) is 0 Å². The van der Waals surface area contributed by atoms with Crippen molar-refractivity contribution in [2.45, 2.75) is 19.9 Å². The molecule has 0 aliphatic heterocycles. The number of hydrogen-bond acceptors (Lipinski definition) is 1. The number of rotatable bonds is 3. The fourth-order valence-electron chi connectivity index (χ4n) is 1.06. The molecule has 3 heteroatoms. The van der Waals surface area contributed by atoms with E-state index >= 15 is 0 Å². The summed E-state index contributed by atoms with van der Waals surface area (Å²) in [4.78, 5) is 11.3. The van der Waals surface area contributed by atoms with Crippen molar-refractivity contribution in [1.29, 1.82) is 0 Å². The van der Waals surface area contributed by atoms with Crippen molar-refractivity contribution in [2.24, 2.45) is 0 Å². The number of carbonyl (C=O) groups excluding carboxylic acids is 1. The van der Waals surface area contributed by atoms with Crippen LogP contribution in [0.4, 0.5) is 0 Å². The maximum atomic E-state index is 11.3. The second-order valence-electron chi connectivity index (χ2n) is 2.70. The van der Waals surface area contributed by atoms with Crippen LogP contribution in [0.3, 0.4) is 0 Å². The summed E-state index contributed by atoms with van der Waals surface area (Å²) >= 11 is 0. The summed E-state index contributed by atoms with van der Waals surface area (Å²) in [5.41, 5.74) is 0. The molecule has 3 nitrogen and oxygen atoms in total. The predicted molar refractivity (Wildman–Crippen MR) is 47.8 cm³/mol. The highest BCUT2D eigenvalue weighted by atomic mass is 16.2. The summed E-state index contributed by atoms with van der Waals surface area (Å²) in [7, 11) is 0. The highest BCUT2D eigenvalue weighted by Crippen LogP contribution is 2.04. The molecular formula is C9H14N2O. The average Bonchev–Trinajstić information content (AvgIpc) is 2.55. The van der Waals surface area contributed by atoms with E-state index in [1.165, 1.54) is 0 Å². The van der Waals surface area contributed by atoms with Gasteiger partial charge < -0.3 is 9.88 Å². The molecule has 1 aromatic rings. The Morgan fingerprint density at radius 3 is 2.58 bits per heavy atom. The minimum atomic E-state index is -0.111. The Hall–Kier alpha value is -1.25. The minimum Gasteiger partial charge on any atom is -0.355 e. The van der Waals surface area contributed by atoms with Crippen LogP contribution >= 0.6 is 0 Å². The SMILES string of the molecule is CCNC(=O)C(C)n1cccc1. The van der Waals surface area contributed by atoms with Crippen molar-refractivity contribution < 1.29 is 4.79 Å². The summed E-state index contributed by atoms with van der Waals surface area (Å²) in [6.45, 7) is 4.48. The Labute approximate surface area is 72.4 Å². The highest BCUT2D eigenvalue weighted by molar-refractivity contribution is 5.79. The van der Waals surface area contributed by atoms with Crippen LogP contribution in [0, 0.1) is 0 Å². The fraction of sp³-hybridized carbons (Fsp3) is 0.444. The molecule has 0 saturated heterocycles. The molecule has 1 atom stereocenters. The Kier molecular flexibility index (Phi) is 2.91. The first kappa shape index (κ1) is 8.84. The van der Waals surface area contributed by atoms with E-state index in [-0.39, 0.29) is 11.9 Å². The molecule has 0 fully saturated rings. The zero-order chi connectivity index (χ0) is 8.97. The summed E-state index contributed by atoms with van der Waals surface area (Å²) in [5.74, 6) is 0.0636. The molecule has 1 heterocycles. The van der Waals surface area contributed by atoms with Gasteiger partial charge in [0.2, 0.25) is 5.91 Å². The molecular weight excluding hydrogens is 152 g/mol. The van der Waals surface area contributed by atoms with Gasteiger partial charge >= 0.3 is 0 Å². The largest absolute Gasteiger partial charge is 0.355 e. The lowest BCUT2D eigenvalue weighted by atomic mass is 10.3. The van der Waals surface area contributed by atoms with Crippen LogP contribution in [0.25, 0.3) is 0 Å². The third-order valence-electron chi connectivity index (χ3n) is 1.81. The third kappa shape index (κ3) is 1.87. The van der Waals surface area contributed by atoms with Crippen molar-refractivity contribution in [3.05, 3.63) is 24.5 Å². The number of carbonyl (C=O) groups is 1. The monoisotopic (exact) mass is 166 g/mol. The van der Waals surface area contributed by atoms with Gasteiger partial charge in [-0.1, -0.05) is 0 Å². The zero-order valence-electron chi connectivity index (χ0n) is 7.45. The van der Waals surface area contributed by atoms with Crippen molar-refractivity contribution >= 4 is 5.91 Å². The molecule has 0 bridgehead atoms. The summed E-state index contributed by atoms with van der Waals surface area (Å²) in [6.07, 6.45) is 3.78. The topological polar surface area (TPSA) is 34.0 Å². The van der Waals surface area contributed by atoms with E-state index in [0.717, 1.165) is 0 Å². The molecule has 0 spiro atoms. The molecule has 1 amide bonds. The van der Waals surface area contributed by atoms with Gasteiger partial charge in [0, 0.05) is 18.9 Å². The molecule has 0 aromatic carbocycles. The number of nitrogens with one attached hydrogen (secondary N) is 1. The van der Waals surface area contributed by atoms with Crippen LogP contribution in [-0.4, -0.2) is 17.0 Å². The Morgan fingerprint density at radius 1 is 1.50 bits per heavy atom. The molecule has 66 valence electrons. The van der Waals surface area contributed by atoms with Gasteiger partial charge in [-0.05, 0) is 26.0 Å². The van der Waals surface area contributed by atoms with Crippen molar-refractivity contribution in [1.82, 2.24) is 9.88 Å². The van der Waals surface area contributed by atoms with Gasteiger partial charge in [0.05, 0.1) is 0 Å². The maximum Gasteiger partial charge on any atom is 0.242 e. The number of amides is 1. The van der Waals surface area contributed by atoms with Crippen LogP contribution < -0.4 is 5.32 Å². The lowest BCUT2D eigenvalue weighted by Crippen LogP contribution is -2.30. The van der Waals surface area contributed by atoms with Crippen LogP contribution in [0.5, 0.6) is 0 Å². The van der Waals surface area contributed by atoms with E-state index in [1.54, 1.807) is 0 Å². The maximum absolute atomic E-state index is 11.3. The molecule has 1 rings (SSSR count).